The maximum atomic E-state index is 11.4. The summed E-state index contributed by atoms with van der Waals surface area (Å²) >= 11 is 0. The summed E-state index contributed by atoms with van der Waals surface area (Å²) in [6.07, 6.45) is 11.5. The van der Waals surface area contributed by atoms with Gasteiger partial charge >= 0.3 is 11.9 Å². The van der Waals surface area contributed by atoms with Gasteiger partial charge in [-0.1, -0.05) is 82.1 Å². The topological polar surface area (TPSA) is 74.6 Å². The molecule has 0 spiro atoms. The van der Waals surface area contributed by atoms with Crippen LogP contribution >= 0.6 is 0 Å². The number of hydrogen-bond acceptors (Lipinski definition) is 2. The van der Waals surface area contributed by atoms with Crippen molar-refractivity contribution in [2.75, 3.05) is 0 Å². The van der Waals surface area contributed by atoms with Crippen LogP contribution in [0.2, 0.25) is 0 Å². The van der Waals surface area contributed by atoms with Crippen LogP contribution in [0.25, 0.3) is 0 Å². The molecule has 0 aromatic heterocycles. The Kier molecular flexibility index (Phi) is 18.5. The predicted octanol–water partition coefficient (Wildman–Crippen LogP) is 9.81. The van der Waals surface area contributed by atoms with Gasteiger partial charge in [-0.25, -0.2) is 0 Å². The van der Waals surface area contributed by atoms with Crippen LogP contribution in [0.1, 0.15) is 140 Å². The van der Waals surface area contributed by atoms with Gasteiger partial charge in [0.25, 0.3) is 0 Å². The molecule has 4 heteroatoms. The minimum atomic E-state index is -0.690. The van der Waals surface area contributed by atoms with E-state index in [0.717, 1.165) is 37.5 Å². The second-order valence-electron chi connectivity index (χ2n) is 14.1. The predicted molar refractivity (Wildman–Crippen MR) is 158 cm³/mol. The molecule has 0 amide bonds. The third-order valence-electron chi connectivity index (χ3n) is 8.95. The third kappa shape index (κ3) is 18.0. The fraction of sp³-hybridized carbons (Fsp3) is 0.939. The Morgan fingerprint density at radius 2 is 1.05 bits per heavy atom. The fourth-order valence-electron chi connectivity index (χ4n) is 6.38. The lowest BCUT2D eigenvalue weighted by Gasteiger charge is -2.34. The van der Waals surface area contributed by atoms with Gasteiger partial charge in [0.2, 0.25) is 0 Å². The summed E-state index contributed by atoms with van der Waals surface area (Å²) < 4.78 is 0. The molecule has 0 aromatic carbocycles. The third-order valence-corrected chi connectivity index (χ3v) is 8.95. The fourth-order valence-corrected chi connectivity index (χ4v) is 6.38. The molecular formula is C33H64O4. The summed E-state index contributed by atoms with van der Waals surface area (Å²) in [7, 11) is 0. The zero-order chi connectivity index (χ0) is 28.7. The molecule has 8 unspecified atom stereocenters. The number of carbonyl (C=O) groups is 2. The van der Waals surface area contributed by atoms with Crippen molar-refractivity contribution in [2.45, 2.75) is 140 Å². The van der Waals surface area contributed by atoms with E-state index < -0.39 is 11.9 Å². The lowest BCUT2D eigenvalue weighted by molar-refractivity contribution is -0.141. The molecule has 0 aliphatic rings. The lowest BCUT2D eigenvalue weighted by atomic mass is 9.71. The number of carboxylic acid groups (broad SMARTS) is 2. The van der Waals surface area contributed by atoms with Gasteiger partial charge in [-0.15, -0.1) is 0 Å². The number of rotatable bonds is 22. The maximum Gasteiger partial charge on any atom is 0.306 e. The number of carboxylic acids is 2. The molecule has 0 saturated carbocycles. The molecule has 0 aliphatic heterocycles. The van der Waals surface area contributed by atoms with Crippen molar-refractivity contribution in [1.82, 2.24) is 0 Å². The molecule has 0 bridgehead atoms. The van der Waals surface area contributed by atoms with E-state index in [-0.39, 0.29) is 12.3 Å². The van der Waals surface area contributed by atoms with Gasteiger partial charge in [0.1, 0.15) is 0 Å². The average Bonchev–Trinajstić information content (AvgIpc) is 2.76. The van der Waals surface area contributed by atoms with Crippen molar-refractivity contribution in [2.24, 2.45) is 59.2 Å². The van der Waals surface area contributed by atoms with Crippen molar-refractivity contribution in [3.8, 4) is 0 Å². The van der Waals surface area contributed by atoms with Gasteiger partial charge in [-0.05, 0) is 105 Å². The Bertz CT molecular complexity index is 613. The smallest absolute Gasteiger partial charge is 0.306 e. The highest BCUT2D eigenvalue weighted by Crippen LogP contribution is 2.39. The Hall–Kier alpha value is -1.06. The van der Waals surface area contributed by atoms with E-state index in [1.165, 1.54) is 38.5 Å². The number of hydrogen-bond donors (Lipinski definition) is 2. The van der Waals surface area contributed by atoms with Crippen molar-refractivity contribution in [1.29, 1.82) is 0 Å². The highest BCUT2D eigenvalue weighted by Gasteiger charge is 2.28. The normalized spacial score (nSPS) is 18.7. The second-order valence-corrected chi connectivity index (χ2v) is 14.1. The monoisotopic (exact) mass is 524 g/mol. The van der Waals surface area contributed by atoms with Crippen LogP contribution in [0.15, 0.2) is 0 Å². The Balaban J connectivity index is 5.56. The minimum Gasteiger partial charge on any atom is -0.481 e. The standard InChI is InChI=1S/C33H64O4/c1-22(2)17-24(5)11-14-30(15-12-26(7)19-29(10)33(36)37)31(21-28(9)23(3)4)20-27(8)18-25(6)13-16-32(34)35/h22-31H,11-21H2,1-10H3,(H,34,35)(H,36,37). The van der Waals surface area contributed by atoms with Gasteiger partial charge in [0, 0.05) is 6.42 Å². The molecule has 0 rings (SSSR count). The van der Waals surface area contributed by atoms with E-state index in [4.69, 9.17) is 5.11 Å². The first-order valence-electron chi connectivity index (χ1n) is 15.6. The molecule has 0 heterocycles. The average molecular weight is 525 g/mol. The molecular weight excluding hydrogens is 460 g/mol. The summed E-state index contributed by atoms with van der Waals surface area (Å²) in [6.45, 7) is 22.8. The second kappa shape index (κ2) is 19.1. The van der Waals surface area contributed by atoms with Gasteiger partial charge in [-0.2, -0.15) is 0 Å². The Morgan fingerprint density at radius 3 is 1.51 bits per heavy atom. The van der Waals surface area contributed by atoms with Gasteiger partial charge in [-0.3, -0.25) is 9.59 Å². The Morgan fingerprint density at radius 1 is 0.541 bits per heavy atom. The van der Waals surface area contributed by atoms with E-state index in [9.17, 15) is 14.7 Å². The van der Waals surface area contributed by atoms with Crippen LogP contribution in [-0.4, -0.2) is 22.2 Å². The highest BCUT2D eigenvalue weighted by molar-refractivity contribution is 5.69. The van der Waals surface area contributed by atoms with Crippen molar-refractivity contribution >= 4 is 11.9 Å². The van der Waals surface area contributed by atoms with Crippen molar-refractivity contribution in [3.63, 3.8) is 0 Å². The van der Waals surface area contributed by atoms with E-state index in [1.54, 1.807) is 0 Å². The van der Waals surface area contributed by atoms with Crippen LogP contribution in [0.5, 0.6) is 0 Å². The molecule has 37 heavy (non-hydrogen) atoms. The zero-order valence-corrected chi connectivity index (χ0v) is 26.3. The summed E-state index contributed by atoms with van der Waals surface area (Å²) in [5.41, 5.74) is 0. The van der Waals surface area contributed by atoms with Gasteiger partial charge in [0.05, 0.1) is 5.92 Å². The molecule has 0 aromatic rings. The van der Waals surface area contributed by atoms with E-state index in [2.05, 4.69) is 62.3 Å². The van der Waals surface area contributed by atoms with E-state index >= 15 is 0 Å². The molecule has 2 N–H and O–H groups in total. The lowest BCUT2D eigenvalue weighted by Crippen LogP contribution is -2.24. The molecule has 4 nitrogen and oxygen atoms in total. The van der Waals surface area contributed by atoms with Gasteiger partial charge < -0.3 is 10.2 Å². The van der Waals surface area contributed by atoms with E-state index in [1.807, 2.05) is 6.92 Å². The van der Waals surface area contributed by atoms with Crippen LogP contribution in [0, 0.1) is 59.2 Å². The van der Waals surface area contributed by atoms with Crippen molar-refractivity contribution in [3.05, 3.63) is 0 Å². The quantitative estimate of drug-likeness (QED) is 0.148. The summed E-state index contributed by atoms with van der Waals surface area (Å²) in [5.74, 6) is 3.99. The van der Waals surface area contributed by atoms with Crippen LogP contribution in [-0.2, 0) is 9.59 Å². The van der Waals surface area contributed by atoms with Crippen LogP contribution in [0.3, 0.4) is 0 Å². The van der Waals surface area contributed by atoms with Crippen LogP contribution in [0.4, 0.5) is 0 Å². The van der Waals surface area contributed by atoms with Gasteiger partial charge in [0.15, 0.2) is 0 Å². The first-order chi connectivity index (χ1) is 17.1. The largest absolute Gasteiger partial charge is 0.481 e. The summed E-state index contributed by atoms with van der Waals surface area (Å²) in [6, 6.07) is 0. The first-order valence-corrected chi connectivity index (χ1v) is 15.6. The maximum absolute atomic E-state index is 11.4. The first kappa shape index (κ1) is 35.9. The minimum absolute atomic E-state index is 0.269. The molecule has 0 radical (unpaired) electrons. The SMILES string of the molecule is CC(C)CC(C)CCC(CCC(C)CC(C)C(=O)O)C(CC(C)CC(C)CCC(=O)O)CC(C)C(C)C. The molecule has 8 atom stereocenters. The Labute approximate surface area is 230 Å². The molecule has 0 aliphatic carbocycles. The highest BCUT2D eigenvalue weighted by atomic mass is 16.4. The molecule has 220 valence electrons. The van der Waals surface area contributed by atoms with Crippen LogP contribution < -0.4 is 0 Å². The summed E-state index contributed by atoms with van der Waals surface area (Å²) in [5, 5.41) is 18.5. The zero-order valence-electron chi connectivity index (χ0n) is 26.3. The number of aliphatic carboxylic acids is 2. The van der Waals surface area contributed by atoms with E-state index in [0.29, 0.717) is 41.4 Å². The summed E-state index contributed by atoms with van der Waals surface area (Å²) in [4.78, 5) is 22.4. The molecule has 0 fully saturated rings. The van der Waals surface area contributed by atoms with Crippen molar-refractivity contribution < 1.29 is 19.8 Å². The molecule has 0 saturated heterocycles.